The number of fused-ring (bicyclic) bond motifs is 1. The third kappa shape index (κ3) is 7.32. The van der Waals surface area contributed by atoms with Crippen LogP contribution in [0.3, 0.4) is 0 Å². The number of alkyl carbamates (subject to hydrolysis) is 1. The van der Waals surface area contributed by atoms with Crippen LogP contribution in [0, 0.1) is 12.7 Å². The molecular formula is C33H37FN6O3. The molecule has 2 heterocycles. The molecule has 9 nitrogen and oxygen atoms in total. The van der Waals surface area contributed by atoms with Crippen molar-refractivity contribution in [3.63, 3.8) is 0 Å². The Balaban J connectivity index is 1.44. The predicted molar refractivity (Wildman–Crippen MR) is 165 cm³/mol. The Bertz CT molecular complexity index is 1610. The van der Waals surface area contributed by atoms with Crippen LogP contribution in [0.5, 0.6) is 0 Å². The molecule has 1 atom stereocenters. The van der Waals surface area contributed by atoms with E-state index in [1.807, 2.05) is 43.3 Å². The van der Waals surface area contributed by atoms with E-state index in [4.69, 9.17) is 15.5 Å². The second kappa shape index (κ2) is 12.2. The lowest BCUT2D eigenvalue weighted by atomic mass is 10.0. The van der Waals surface area contributed by atoms with E-state index in [0.29, 0.717) is 30.3 Å². The highest BCUT2D eigenvalue weighted by Gasteiger charge is 2.32. The minimum atomic E-state index is -0.875. The standard InChI is InChI=1S/C33H37FN6O3/c1-21-8-14-26(15-9-21)36-30-29(23-10-12-24(34)13-11-23)38-28-20-39(16-17-40(28)30)31(41)27(37-32(42)43-33(2,3)4)19-22-6-5-7-25(35)18-22/h5-15,18,27,36H,16-17,19-20,35H2,1-4H3,(H,37,42)/t27-/m0/s1. The fourth-order valence-electron chi connectivity index (χ4n) is 5.05. The molecule has 0 saturated carbocycles. The van der Waals surface area contributed by atoms with Crippen LogP contribution >= 0.6 is 0 Å². The number of carbonyl (C=O) groups is 2. The van der Waals surface area contributed by atoms with E-state index in [0.717, 1.165) is 28.2 Å². The largest absolute Gasteiger partial charge is 0.444 e. The number of imidazole rings is 1. The van der Waals surface area contributed by atoms with E-state index >= 15 is 0 Å². The molecule has 0 bridgehead atoms. The zero-order chi connectivity index (χ0) is 30.7. The first-order valence-corrected chi connectivity index (χ1v) is 14.3. The molecule has 43 heavy (non-hydrogen) atoms. The number of rotatable bonds is 7. The number of aromatic nitrogens is 2. The Kier molecular flexibility index (Phi) is 8.38. The van der Waals surface area contributed by atoms with Crippen molar-refractivity contribution >= 4 is 29.2 Å². The van der Waals surface area contributed by atoms with Gasteiger partial charge in [-0.25, -0.2) is 14.2 Å². The number of carbonyl (C=O) groups excluding carboxylic acids is 2. The van der Waals surface area contributed by atoms with Crippen LogP contribution < -0.4 is 16.4 Å². The van der Waals surface area contributed by atoms with Crippen molar-refractivity contribution in [2.24, 2.45) is 0 Å². The van der Waals surface area contributed by atoms with Gasteiger partial charge < -0.3 is 30.6 Å². The molecule has 1 aliphatic rings. The zero-order valence-corrected chi connectivity index (χ0v) is 24.9. The molecule has 10 heteroatoms. The Morgan fingerprint density at radius 1 is 1.05 bits per heavy atom. The van der Waals surface area contributed by atoms with Gasteiger partial charge in [0.05, 0.1) is 6.54 Å². The van der Waals surface area contributed by atoms with Crippen molar-refractivity contribution in [2.45, 2.75) is 58.8 Å². The predicted octanol–water partition coefficient (Wildman–Crippen LogP) is 5.80. The summed E-state index contributed by atoms with van der Waals surface area (Å²) in [7, 11) is 0. The van der Waals surface area contributed by atoms with Gasteiger partial charge in [0, 0.05) is 36.4 Å². The number of nitrogens with zero attached hydrogens (tertiary/aromatic N) is 3. The van der Waals surface area contributed by atoms with Crippen LogP contribution in [0.4, 0.5) is 26.4 Å². The first-order valence-electron chi connectivity index (χ1n) is 14.3. The smallest absolute Gasteiger partial charge is 0.408 e. The number of hydrogen-bond acceptors (Lipinski definition) is 6. The van der Waals surface area contributed by atoms with E-state index in [1.165, 1.54) is 12.1 Å². The van der Waals surface area contributed by atoms with Crippen molar-refractivity contribution in [2.75, 3.05) is 17.6 Å². The Labute approximate surface area is 250 Å². The lowest BCUT2D eigenvalue weighted by molar-refractivity contribution is -0.135. The van der Waals surface area contributed by atoms with Crippen molar-refractivity contribution in [3.8, 4) is 11.3 Å². The second-order valence-corrected chi connectivity index (χ2v) is 11.8. The van der Waals surface area contributed by atoms with E-state index in [2.05, 4.69) is 15.2 Å². The van der Waals surface area contributed by atoms with Crippen LogP contribution in [0.1, 0.15) is 37.7 Å². The maximum atomic E-state index is 14.0. The summed E-state index contributed by atoms with van der Waals surface area (Å²) in [5.41, 5.74) is 10.1. The van der Waals surface area contributed by atoms with Crippen LogP contribution in [-0.2, 0) is 29.0 Å². The van der Waals surface area contributed by atoms with Crippen LogP contribution in [0.15, 0.2) is 72.8 Å². The van der Waals surface area contributed by atoms with Gasteiger partial charge in [-0.2, -0.15) is 0 Å². The summed E-state index contributed by atoms with van der Waals surface area (Å²) >= 11 is 0. The molecule has 3 aromatic carbocycles. The van der Waals surface area contributed by atoms with Gasteiger partial charge in [-0.05, 0) is 81.8 Å². The molecule has 1 aliphatic heterocycles. The maximum Gasteiger partial charge on any atom is 0.408 e. The number of halogens is 1. The monoisotopic (exact) mass is 584 g/mol. The topological polar surface area (TPSA) is 115 Å². The molecule has 1 aromatic heterocycles. The molecule has 224 valence electrons. The van der Waals surface area contributed by atoms with E-state index in [9.17, 15) is 14.0 Å². The summed E-state index contributed by atoms with van der Waals surface area (Å²) < 4.78 is 21.3. The first-order chi connectivity index (χ1) is 20.4. The van der Waals surface area contributed by atoms with Crippen LogP contribution in [0.2, 0.25) is 0 Å². The lowest BCUT2D eigenvalue weighted by Gasteiger charge is -2.32. The number of nitrogen functional groups attached to an aromatic ring is 1. The number of hydrogen-bond donors (Lipinski definition) is 3. The molecule has 4 aromatic rings. The Hall–Kier alpha value is -4.86. The van der Waals surface area contributed by atoms with E-state index in [1.54, 1.807) is 49.9 Å². The van der Waals surface area contributed by atoms with Gasteiger partial charge >= 0.3 is 6.09 Å². The summed E-state index contributed by atoms with van der Waals surface area (Å²) in [6.07, 6.45) is -0.425. The molecule has 4 N–H and O–H groups in total. The van der Waals surface area contributed by atoms with Gasteiger partial charge in [0.1, 0.15) is 34.8 Å². The van der Waals surface area contributed by atoms with Gasteiger partial charge in [-0.15, -0.1) is 0 Å². The van der Waals surface area contributed by atoms with Gasteiger partial charge in [0.2, 0.25) is 5.91 Å². The lowest BCUT2D eigenvalue weighted by Crippen LogP contribution is -2.52. The second-order valence-electron chi connectivity index (χ2n) is 11.8. The first kappa shape index (κ1) is 29.6. The Morgan fingerprint density at radius 3 is 2.44 bits per heavy atom. The molecule has 0 spiro atoms. The number of benzene rings is 3. The van der Waals surface area contributed by atoms with Crippen molar-refractivity contribution in [1.29, 1.82) is 0 Å². The van der Waals surface area contributed by atoms with Gasteiger partial charge in [-0.1, -0.05) is 29.8 Å². The average molecular weight is 585 g/mol. The average Bonchev–Trinajstić information content (AvgIpc) is 3.30. The summed E-state index contributed by atoms with van der Waals surface area (Å²) in [4.78, 5) is 33.3. The minimum Gasteiger partial charge on any atom is -0.444 e. The number of anilines is 3. The quantitative estimate of drug-likeness (QED) is 0.237. The fourth-order valence-corrected chi connectivity index (χ4v) is 5.05. The molecule has 5 rings (SSSR count). The highest BCUT2D eigenvalue weighted by molar-refractivity contribution is 5.86. The minimum absolute atomic E-state index is 0.228. The molecule has 0 aliphatic carbocycles. The molecule has 0 fully saturated rings. The third-order valence-corrected chi connectivity index (χ3v) is 7.10. The highest BCUT2D eigenvalue weighted by atomic mass is 19.1. The van der Waals surface area contributed by atoms with Crippen molar-refractivity contribution < 1.29 is 18.7 Å². The third-order valence-electron chi connectivity index (χ3n) is 7.10. The zero-order valence-electron chi connectivity index (χ0n) is 24.9. The molecular weight excluding hydrogens is 547 g/mol. The Morgan fingerprint density at radius 2 is 1.77 bits per heavy atom. The molecule has 0 radical (unpaired) electrons. The van der Waals surface area contributed by atoms with Crippen molar-refractivity contribution in [1.82, 2.24) is 19.8 Å². The summed E-state index contributed by atoms with van der Waals surface area (Å²) in [6, 6.07) is 20.6. The molecule has 2 amide bonds. The number of nitrogens with one attached hydrogen (secondary N) is 2. The molecule has 0 saturated heterocycles. The van der Waals surface area contributed by atoms with Gasteiger partial charge in [-0.3, -0.25) is 4.79 Å². The van der Waals surface area contributed by atoms with Crippen molar-refractivity contribution in [3.05, 3.63) is 95.6 Å². The SMILES string of the molecule is Cc1ccc(Nc2c(-c3ccc(F)cc3)nc3n2CCN(C(=O)[C@H](Cc2cccc(N)c2)NC(=O)OC(C)(C)C)C3)cc1. The summed E-state index contributed by atoms with van der Waals surface area (Å²) in [5.74, 6) is 0.856. The number of amides is 2. The number of ether oxygens (including phenoxy) is 1. The fraction of sp³-hybridized carbons (Fsp3) is 0.303. The van der Waals surface area contributed by atoms with Crippen LogP contribution in [-0.4, -0.2) is 44.6 Å². The highest BCUT2D eigenvalue weighted by Crippen LogP contribution is 2.33. The molecule has 0 unspecified atom stereocenters. The normalized spacial score (nSPS) is 13.7. The maximum absolute atomic E-state index is 14.0. The number of nitrogens with two attached hydrogens (primary N) is 1. The summed E-state index contributed by atoms with van der Waals surface area (Å²) in [6.45, 7) is 8.44. The van der Waals surface area contributed by atoms with E-state index in [-0.39, 0.29) is 24.7 Å². The van der Waals surface area contributed by atoms with Gasteiger partial charge in [0.15, 0.2) is 0 Å². The number of aryl methyl sites for hydroxylation is 1. The van der Waals surface area contributed by atoms with Crippen LogP contribution in [0.25, 0.3) is 11.3 Å². The summed E-state index contributed by atoms with van der Waals surface area (Å²) in [5, 5.41) is 6.27. The van der Waals surface area contributed by atoms with E-state index < -0.39 is 17.7 Å². The van der Waals surface area contributed by atoms with Gasteiger partial charge in [0.25, 0.3) is 0 Å².